The Kier molecular flexibility index (Phi) is 4.83. The molecule has 0 unspecified atom stereocenters. The quantitative estimate of drug-likeness (QED) is 0.821. The van der Waals surface area contributed by atoms with Crippen molar-refractivity contribution in [1.82, 2.24) is 14.5 Å². The third-order valence-corrected chi connectivity index (χ3v) is 5.22. The van der Waals surface area contributed by atoms with Crippen LogP contribution in [0.5, 0.6) is 5.75 Å². The molecule has 0 bridgehead atoms. The van der Waals surface area contributed by atoms with E-state index in [-0.39, 0.29) is 17.6 Å². The first kappa shape index (κ1) is 17.6. The third-order valence-electron chi connectivity index (χ3n) is 5.22. The molecule has 2 aliphatic heterocycles. The molecule has 2 fully saturated rings. The lowest BCUT2D eigenvalue weighted by Gasteiger charge is -2.22. The number of hydrogen-bond donors (Lipinski definition) is 0. The van der Waals surface area contributed by atoms with Crippen molar-refractivity contribution in [2.75, 3.05) is 31.1 Å². The van der Waals surface area contributed by atoms with Crippen LogP contribution in [0, 0.1) is 0 Å². The van der Waals surface area contributed by atoms with E-state index in [4.69, 9.17) is 4.74 Å². The topological polar surface area (TPSA) is 67.7 Å². The average molecular weight is 368 g/mol. The summed E-state index contributed by atoms with van der Waals surface area (Å²) in [7, 11) is 1.65. The molecule has 0 saturated carbocycles. The number of amides is 1. The fourth-order valence-corrected chi connectivity index (χ4v) is 3.73. The lowest BCUT2D eigenvalue weighted by molar-refractivity contribution is 0.0771. The molecule has 0 spiro atoms. The highest BCUT2D eigenvalue weighted by Gasteiger charge is 2.29. The zero-order chi connectivity index (χ0) is 18.8. The van der Waals surface area contributed by atoms with Crippen LogP contribution in [0.3, 0.4) is 0 Å². The predicted molar refractivity (Wildman–Crippen MR) is 102 cm³/mol. The van der Waals surface area contributed by atoms with Gasteiger partial charge in [-0.25, -0.2) is 4.98 Å². The summed E-state index contributed by atoms with van der Waals surface area (Å²) in [5.41, 5.74) is 0.400. The molecule has 142 valence electrons. The van der Waals surface area contributed by atoms with Crippen LogP contribution in [-0.4, -0.2) is 52.6 Å². The van der Waals surface area contributed by atoms with Gasteiger partial charge in [0.15, 0.2) is 11.6 Å². The Hall–Kier alpha value is -2.83. The van der Waals surface area contributed by atoms with Gasteiger partial charge in [0.2, 0.25) is 5.56 Å². The molecule has 4 heterocycles. The van der Waals surface area contributed by atoms with E-state index in [1.165, 1.54) is 23.5 Å². The number of rotatable bonds is 4. The summed E-state index contributed by atoms with van der Waals surface area (Å²) in [6.07, 6.45) is 6.48. The highest BCUT2D eigenvalue weighted by molar-refractivity contribution is 5.94. The van der Waals surface area contributed by atoms with Gasteiger partial charge in [-0.1, -0.05) is 0 Å². The van der Waals surface area contributed by atoms with Crippen LogP contribution in [0.4, 0.5) is 5.82 Å². The number of aromatic nitrogens is 2. The van der Waals surface area contributed by atoms with E-state index in [9.17, 15) is 9.59 Å². The van der Waals surface area contributed by atoms with Crippen molar-refractivity contribution in [2.45, 2.75) is 25.4 Å². The molecule has 7 heteroatoms. The van der Waals surface area contributed by atoms with E-state index < -0.39 is 0 Å². The molecule has 0 N–H and O–H groups in total. The smallest absolute Gasteiger partial charge is 0.255 e. The van der Waals surface area contributed by atoms with Crippen molar-refractivity contribution in [1.29, 1.82) is 0 Å². The van der Waals surface area contributed by atoms with Crippen molar-refractivity contribution >= 4 is 11.7 Å². The van der Waals surface area contributed by atoms with Crippen LogP contribution in [0.25, 0.3) is 0 Å². The number of pyridine rings is 2. The number of carbonyl (C=O) groups excluding carboxylic acids is 1. The first-order chi connectivity index (χ1) is 13.1. The Balaban J connectivity index is 1.44. The van der Waals surface area contributed by atoms with Crippen molar-refractivity contribution in [3.8, 4) is 5.75 Å². The predicted octanol–water partition coefficient (Wildman–Crippen LogP) is 1.67. The SMILES string of the molecule is Cn1cc(C(=O)N2CC[C@@H](Oc3cccnc3N3CCCC3)C2)ccc1=O. The summed E-state index contributed by atoms with van der Waals surface area (Å²) in [6, 6.07) is 6.86. The molecular weight excluding hydrogens is 344 g/mol. The van der Waals surface area contributed by atoms with Gasteiger partial charge in [-0.05, 0) is 31.0 Å². The summed E-state index contributed by atoms with van der Waals surface area (Å²) in [5.74, 6) is 1.63. The molecular formula is C20H24N4O3. The van der Waals surface area contributed by atoms with Crippen molar-refractivity contribution in [3.63, 3.8) is 0 Å². The third kappa shape index (κ3) is 3.67. The van der Waals surface area contributed by atoms with Crippen LogP contribution in [0.2, 0.25) is 0 Å². The summed E-state index contributed by atoms with van der Waals surface area (Å²) in [4.78, 5) is 32.8. The number of likely N-dealkylation sites (tertiary alicyclic amines) is 1. The van der Waals surface area contributed by atoms with Crippen LogP contribution in [-0.2, 0) is 7.05 Å². The van der Waals surface area contributed by atoms with E-state index >= 15 is 0 Å². The molecule has 2 aliphatic rings. The standard InChI is InChI=1S/C20H24N4O3/c1-22-13-15(6-7-18(22)25)20(26)24-12-8-16(14-24)27-17-5-4-9-21-19(17)23-10-2-3-11-23/h4-7,9,13,16H,2-3,8,10-12,14H2,1H3/t16-/m1/s1. The second kappa shape index (κ2) is 7.42. The van der Waals surface area contributed by atoms with Gasteiger partial charge in [0.1, 0.15) is 6.10 Å². The number of nitrogens with zero attached hydrogens (tertiary/aromatic N) is 4. The molecule has 2 aromatic heterocycles. The average Bonchev–Trinajstić information content (AvgIpc) is 3.36. The van der Waals surface area contributed by atoms with Gasteiger partial charge >= 0.3 is 0 Å². The maximum atomic E-state index is 12.7. The highest BCUT2D eigenvalue weighted by Crippen LogP contribution is 2.30. The zero-order valence-electron chi connectivity index (χ0n) is 15.5. The molecule has 2 aromatic rings. The van der Waals surface area contributed by atoms with Gasteiger partial charge in [0.05, 0.1) is 12.1 Å². The molecule has 2 saturated heterocycles. The van der Waals surface area contributed by atoms with Gasteiger partial charge in [0, 0.05) is 51.6 Å². The molecule has 27 heavy (non-hydrogen) atoms. The first-order valence-electron chi connectivity index (χ1n) is 9.44. The van der Waals surface area contributed by atoms with Crippen LogP contribution in [0.1, 0.15) is 29.6 Å². The Morgan fingerprint density at radius 3 is 2.78 bits per heavy atom. The van der Waals surface area contributed by atoms with E-state index in [1.54, 1.807) is 30.4 Å². The minimum Gasteiger partial charge on any atom is -0.485 e. The molecule has 0 aliphatic carbocycles. The normalized spacial score (nSPS) is 19.5. The number of carbonyl (C=O) groups is 1. The lowest BCUT2D eigenvalue weighted by atomic mass is 10.2. The minimum atomic E-state index is -0.125. The second-order valence-corrected chi connectivity index (χ2v) is 7.17. The maximum absolute atomic E-state index is 12.7. The molecule has 0 aromatic carbocycles. The fourth-order valence-electron chi connectivity index (χ4n) is 3.73. The summed E-state index contributed by atoms with van der Waals surface area (Å²) >= 11 is 0. The second-order valence-electron chi connectivity index (χ2n) is 7.17. The monoisotopic (exact) mass is 368 g/mol. The van der Waals surface area contributed by atoms with Gasteiger partial charge < -0.3 is 19.1 Å². The molecule has 0 radical (unpaired) electrons. The molecule has 4 rings (SSSR count). The number of ether oxygens (including phenoxy) is 1. The zero-order valence-corrected chi connectivity index (χ0v) is 15.5. The van der Waals surface area contributed by atoms with E-state index in [0.717, 1.165) is 31.1 Å². The summed E-state index contributed by atoms with van der Waals surface area (Å²) in [5, 5.41) is 0. The van der Waals surface area contributed by atoms with Crippen molar-refractivity contribution < 1.29 is 9.53 Å². The minimum absolute atomic E-state index is 0.0490. The highest BCUT2D eigenvalue weighted by atomic mass is 16.5. The van der Waals surface area contributed by atoms with Crippen LogP contribution >= 0.6 is 0 Å². The van der Waals surface area contributed by atoms with E-state index in [2.05, 4.69) is 9.88 Å². The van der Waals surface area contributed by atoms with Gasteiger partial charge in [-0.3, -0.25) is 9.59 Å². The molecule has 1 amide bonds. The Labute approximate surface area is 158 Å². The van der Waals surface area contributed by atoms with Crippen molar-refractivity contribution in [2.24, 2.45) is 7.05 Å². The lowest BCUT2D eigenvalue weighted by Crippen LogP contribution is -2.32. The maximum Gasteiger partial charge on any atom is 0.255 e. The Bertz CT molecular complexity index is 889. The first-order valence-corrected chi connectivity index (χ1v) is 9.44. The van der Waals surface area contributed by atoms with Crippen molar-refractivity contribution in [3.05, 3.63) is 52.6 Å². The van der Waals surface area contributed by atoms with Crippen LogP contribution < -0.4 is 15.2 Å². The van der Waals surface area contributed by atoms with E-state index in [1.807, 2.05) is 12.1 Å². The summed E-state index contributed by atoms with van der Waals surface area (Å²) < 4.78 is 7.65. The summed E-state index contributed by atoms with van der Waals surface area (Å²) in [6.45, 7) is 3.20. The Morgan fingerprint density at radius 1 is 1.19 bits per heavy atom. The number of anilines is 1. The largest absolute Gasteiger partial charge is 0.485 e. The molecule has 1 atom stereocenters. The number of aryl methyl sites for hydroxylation is 1. The van der Waals surface area contributed by atoms with Gasteiger partial charge in [-0.2, -0.15) is 0 Å². The number of hydrogen-bond acceptors (Lipinski definition) is 5. The molecule has 7 nitrogen and oxygen atoms in total. The fraction of sp³-hybridized carbons (Fsp3) is 0.450. The van der Waals surface area contributed by atoms with Gasteiger partial charge in [-0.15, -0.1) is 0 Å². The van der Waals surface area contributed by atoms with Crippen LogP contribution in [0.15, 0.2) is 41.5 Å². The van der Waals surface area contributed by atoms with Gasteiger partial charge in [0.25, 0.3) is 5.91 Å². The Morgan fingerprint density at radius 2 is 2.00 bits per heavy atom. The van der Waals surface area contributed by atoms with E-state index in [0.29, 0.717) is 18.7 Å².